The molecule has 0 N–H and O–H groups in total. The summed E-state index contributed by atoms with van der Waals surface area (Å²) in [5, 5.41) is 0. The number of rotatable bonds is 0. The van der Waals surface area contributed by atoms with Crippen LogP contribution in [0.5, 0.6) is 0 Å². The highest BCUT2D eigenvalue weighted by Crippen LogP contribution is 2.27. The Balaban J connectivity index is 2.62. The average molecular weight is 201 g/mol. The number of hydrogen-bond acceptors (Lipinski definition) is 2. The molecule has 0 spiro atoms. The van der Waals surface area contributed by atoms with Gasteiger partial charge in [0.15, 0.2) is 11.3 Å². The maximum atomic E-state index is 12.2. The first kappa shape index (κ1) is 8.98. The van der Waals surface area contributed by atoms with Gasteiger partial charge in [-0.25, -0.2) is 9.97 Å². The number of hydrogen-bond donors (Lipinski definition) is 0. The van der Waals surface area contributed by atoms with Gasteiger partial charge in [-0.3, -0.25) is 0 Å². The van der Waals surface area contributed by atoms with E-state index in [1.807, 2.05) is 0 Å². The summed E-state index contributed by atoms with van der Waals surface area (Å²) < 4.78 is 38.0. The van der Waals surface area contributed by atoms with Crippen LogP contribution in [0, 0.1) is 6.92 Å². The largest absolute Gasteiger partial charge is 0.434 e. The zero-order chi connectivity index (χ0) is 10.3. The van der Waals surface area contributed by atoms with E-state index in [0.717, 1.165) is 12.4 Å². The summed E-state index contributed by atoms with van der Waals surface area (Å²) in [6, 6.07) is 0. The highest BCUT2D eigenvalue weighted by molar-refractivity contribution is 5.37. The zero-order valence-electron chi connectivity index (χ0n) is 7.21. The van der Waals surface area contributed by atoms with Gasteiger partial charge in [-0.2, -0.15) is 13.2 Å². The Morgan fingerprint density at radius 1 is 1.29 bits per heavy atom. The maximum absolute atomic E-state index is 12.2. The molecule has 0 atom stereocenters. The van der Waals surface area contributed by atoms with E-state index in [-0.39, 0.29) is 0 Å². The van der Waals surface area contributed by atoms with Crippen molar-refractivity contribution >= 4 is 5.65 Å². The fourth-order valence-electron chi connectivity index (χ4n) is 1.17. The summed E-state index contributed by atoms with van der Waals surface area (Å²) in [7, 11) is 0. The molecule has 2 heterocycles. The lowest BCUT2D eigenvalue weighted by Gasteiger charge is -2.04. The van der Waals surface area contributed by atoms with E-state index in [1.165, 1.54) is 10.6 Å². The molecule has 0 saturated carbocycles. The number of aryl methyl sites for hydroxylation is 1. The Morgan fingerprint density at radius 3 is 2.64 bits per heavy atom. The van der Waals surface area contributed by atoms with Crippen LogP contribution in [-0.4, -0.2) is 14.4 Å². The minimum Gasteiger partial charge on any atom is -0.303 e. The van der Waals surface area contributed by atoms with Gasteiger partial charge in [0.1, 0.15) is 0 Å². The highest BCUT2D eigenvalue weighted by Gasteiger charge is 2.32. The molecule has 0 aliphatic heterocycles. The SMILES string of the molecule is Cc1cn2cc(C(F)(F)F)ncc2n1. The fourth-order valence-corrected chi connectivity index (χ4v) is 1.17. The average Bonchev–Trinajstić information content (AvgIpc) is 2.41. The molecule has 0 aliphatic carbocycles. The second kappa shape index (κ2) is 2.70. The molecule has 2 aromatic rings. The van der Waals surface area contributed by atoms with Crippen LogP contribution >= 0.6 is 0 Å². The van der Waals surface area contributed by atoms with Crippen molar-refractivity contribution in [2.75, 3.05) is 0 Å². The van der Waals surface area contributed by atoms with E-state index in [2.05, 4.69) is 9.97 Å². The lowest BCUT2D eigenvalue weighted by Crippen LogP contribution is -2.08. The Kier molecular flexibility index (Phi) is 1.73. The Bertz CT molecular complexity index is 472. The van der Waals surface area contributed by atoms with Crippen LogP contribution < -0.4 is 0 Å². The molecule has 2 rings (SSSR count). The van der Waals surface area contributed by atoms with Gasteiger partial charge in [0.25, 0.3) is 0 Å². The monoisotopic (exact) mass is 201 g/mol. The number of alkyl halides is 3. The van der Waals surface area contributed by atoms with E-state index in [0.29, 0.717) is 11.3 Å². The second-order valence-corrected chi connectivity index (χ2v) is 2.92. The number of aromatic nitrogens is 3. The van der Waals surface area contributed by atoms with E-state index in [9.17, 15) is 13.2 Å². The molecule has 2 aromatic heterocycles. The molecule has 0 saturated heterocycles. The van der Waals surface area contributed by atoms with Crippen LogP contribution in [-0.2, 0) is 6.18 Å². The van der Waals surface area contributed by atoms with Gasteiger partial charge in [-0.15, -0.1) is 0 Å². The molecule has 0 fully saturated rings. The van der Waals surface area contributed by atoms with Crippen LogP contribution in [0.4, 0.5) is 13.2 Å². The van der Waals surface area contributed by atoms with Gasteiger partial charge in [-0.05, 0) is 6.92 Å². The Morgan fingerprint density at radius 2 is 2.00 bits per heavy atom. The molecule has 3 nitrogen and oxygen atoms in total. The van der Waals surface area contributed by atoms with Crippen molar-refractivity contribution in [2.24, 2.45) is 0 Å². The molecular formula is C8H6F3N3. The van der Waals surface area contributed by atoms with Crippen molar-refractivity contribution in [1.29, 1.82) is 0 Å². The predicted molar refractivity (Wildman–Crippen MR) is 42.7 cm³/mol. The third-order valence-electron chi connectivity index (χ3n) is 1.75. The van der Waals surface area contributed by atoms with Gasteiger partial charge in [0.2, 0.25) is 0 Å². The first-order chi connectivity index (χ1) is 6.47. The van der Waals surface area contributed by atoms with E-state index >= 15 is 0 Å². The van der Waals surface area contributed by atoms with Gasteiger partial charge >= 0.3 is 6.18 Å². The smallest absolute Gasteiger partial charge is 0.303 e. The maximum Gasteiger partial charge on any atom is 0.434 e. The van der Waals surface area contributed by atoms with Crippen molar-refractivity contribution in [3.05, 3.63) is 30.0 Å². The van der Waals surface area contributed by atoms with Crippen LogP contribution in [0.25, 0.3) is 5.65 Å². The van der Waals surface area contributed by atoms with Crippen molar-refractivity contribution in [3.63, 3.8) is 0 Å². The van der Waals surface area contributed by atoms with Gasteiger partial charge in [-0.1, -0.05) is 0 Å². The van der Waals surface area contributed by atoms with Crippen LogP contribution in [0.15, 0.2) is 18.6 Å². The van der Waals surface area contributed by atoms with Gasteiger partial charge in [0.05, 0.1) is 11.9 Å². The molecule has 74 valence electrons. The Hall–Kier alpha value is -1.59. The zero-order valence-corrected chi connectivity index (χ0v) is 7.21. The van der Waals surface area contributed by atoms with Gasteiger partial charge < -0.3 is 4.40 Å². The van der Waals surface area contributed by atoms with E-state index < -0.39 is 11.9 Å². The summed E-state index contributed by atoms with van der Waals surface area (Å²) >= 11 is 0. The first-order valence-corrected chi connectivity index (χ1v) is 3.85. The lowest BCUT2D eigenvalue weighted by atomic mass is 10.4. The third kappa shape index (κ3) is 1.43. The summed E-state index contributed by atoms with van der Waals surface area (Å²) in [4.78, 5) is 7.25. The minimum atomic E-state index is -4.41. The first-order valence-electron chi connectivity index (χ1n) is 3.85. The molecule has 0 unspecified atom stereocenters. The highest BCUT2D eigenvalue weighted by atomic mass is 19.4. The van der Waals surface area contributed by atoms with Crippen molar-refractivity contribution < 1.29 is 13.2 Å². The number of halogens is 3. The summed E-state index contributed by atoms with van der Waals surface area (Å²) in [6.07, 6.45) is -0.857. The lowest BCUT2D eigenvalue weighted by molar-refractivity contribution is -0.141. The van der Waals surface area contributed by atoms with Crippen LogP contribution in [0.3, 0.4) is 0 Å². The molecule has 0 aliphatic rings. The summed E-state index contributed by atoms with van der Waals surface area (Å²) in [6.45, 7) is 1.71. The molecule has 0 amide bonds. The topological polar surface area (TPSA) is 30.2 Å². The number of nitrogens with zero attached hydrogens (tertiary/aromatic N) is 3. The van der Waals surface area contributed by atoms with Crippen LogP contribution in [0.1, 0.15) is 11.4 Å². The normalized spacial score (nSPS) is 12.3. The van der Waals surface area contributed by atoms with Crippen molar-refractivity contribution in [3.8, 4) is 0 Å². The van der Waals surface area contributed by atoms with Crippen molar-refractivity contribution in [1.82, 2.24) is 14.4 Å². The molecule has 0 radical (unpaired) electrons. The summed E-state index contributed by atoms with van der Waals surface area (Å²) in [5.74, 6) is 0. The molecule has 14 heavy (non-hydrogen) atoms. The molecule has 0 bridgehead atoms. The van der Waals surface area contributed by atoms with Crippen LogP contribution in [0.2, 0.25) is 0 Å². The predicted octanol–water partition coefficient (Wildman–Crippen LogP) is 2.06. The minimum absolute atomic E-state index is 0.413. The third-order valence-corrected chi connectivity index (χ3v) is 1.75. The second-order valence-electron chi connectivity index (χ2n) is 2.92. The number of imidazole rings is 1. The molecule has 6 heteroatoms. The number of fused-ring (bicyclic) bond motifs is 1. The fraction of sp³-hybridized carbons (Fsp3) is 0.250. The standard InChI is InChI=1S/C8H6F3N3/c1-5-3-14-4-6(8(9,10)11)12-2-7(14)13-5/h2-4H,1H3. The quantitative estimate of drug-likeness (QED) is 0.653. The van der Waals surface area contributed by atoms with E-state index in [1.54, 1.807) is 6.92 Å². The Labute approximate surface area is 77.2 Å². The summed E-state index contributed by atoms with van der Waals surface area (Å²) in [5.41, 5.74) is 0.157. The van der Waals surface area contributed by atoms with Gasteiger partial charge in [0, 0.05) is 12.4 Å². The molecule has 0 aromatic carbocycles. The molecular weight excluding hydrogens is 195 g/mol. The van der Waals surface area contributed by atoms with Crippen molar-refractivity contribution in [2.45, 2.75) is 13.1 Å². The van der Waals surface area contributed by atoms with E-state index in [4.69, 9.17) is 0 Å².